The second-order valence-electron chi connectivity index (χ2n) is 5.69. The topological polar surface area (TPSA) is 67.4 Å². The lowest BCUT2D eigenvalue weighted by atomic mass is 9.86. The van der Waals surface area contributed by atoms with Crippen molar-refractivity contribution in [2.24, 2.45) is 0 Å². The van der Waals surface area contributed by atoms with E-state index < -0.39 is 11.9 Å². The van der Waals surface area contributed by atoms with Crippen LogP contribution in [0.5, 0.6) is 0 Å². The predicted octanol–water partition coefficient (Wildman–Crippen LogP) is 1.78. The highest BCUT2D eigenvalue weighted by molar-refractivity contribution is 5.97. The van der Waals surface area contributed by atoms with Gasteiger partial charge in [-0.1, -0.05) is 32.9 Å². The summed E-state index contributed by atoms with van der Waals surface area (Å²) < 4.78 is 0. The van der Waals surface area contributed by atoms with E-state index in [-0.39, 0.29) is 11.3 Å². The maximum atomic E-state index is 12.0. The van der Waals surface area contributed by atoms with Crippen LogP contribution in [-0.2, 0) is 15.0 Å². The minimum Gasteiger partial charge on any atom is -0.340 e. The molecule has 1 rings (SSSR count). The van der Waals surface area contributed by atoms with Gasteiger partial charge in [0.15, 0.2) is 0 Å². The smallest absolute Gasteiger partial charge is 0.265 e. The molecule has 1 unspecified atom stereocenters. The van der Waals surface area contributed by atoms with E-state index in [0.29, 0.717) is 5.56 Å². The summed E-state index contributed by atoms with van der Waals surface area (Å²) >= 11 is 0. The predicted molar refractivity (Wildman–Crippen MR) is 77.2 cm³/mol. The molecular weight excluding hydrogens is 256 g/mol. The summed E-state index contributed by atoms with van der Waals surface area (Å²) in [5, 5.41) is 2.61. The molecule has 1 aromatic rings. The number of benzene rings is 1. The summed E-state index contributed by atoms with van der Waals surface area (Å²) in [6.45, 7) is 7.92. The van der Waals surface area contributed by atoms with Gasteiger partial charge in [0.1, 0.15) is 6.04 Å². The molecule has 1 aromatic carbocycles. The van der Waals surface area contributed by atoms with Gasteiger partial charge in [0.2, 0.25) is 0 Å². The van der Waals surface area contributed by atoms with Gasteiger partial charge in [-0.25, -0.2) is 5.48 Å². The first-order valence-corrected chi connectivity index (χ1v) is 6.50. The Morgan fingerprint density at radius 3 is 2.15 bits per heavy atom. The molecule has 2 amide bonds. The molecule has 0 aliphatic rings. The third kappa shape index (κ3) is 4.35. The molecule has 0 saturated heterocycles. The third-order valence-corrected chi connectivity index (χ3v) is 2.96. The van der Waals surface area contributed by atoms with E-state index in [9.17, 15) is 9.59 Å². The number of hydroxylamine groups is 1. The summed E-state index contributed by atoms with van der Waals surface area (Å²) in [7, 11) is 1.34. The normalized spacial score (nSPS) is 12.7. The second kappa shape index (κ2) is 6.52. The molecule has 0 aromatic heterocycles. The Morgan fingerprint density at radius 1 is 1.15 bits per heavy atom. The third-order valence-electron chi connectivity index (χ3n) is 2.96. The van der Waals surface area contributed by atoms with E-state index in [2.05, 4.69) is 36.4 Å². The Kier molecular flexibility index (Phi) is 5.27. The molecule has 0 aliphatic carbocycles. The first kappa shape index (κ1) is 16.2. The molecule has 0 aliphatic heterocycles. The summed E-state index contributed by atoms with van der Waals surface area (Å²) in [5.74, 6) is -0.684. The van der Waals surface area contributed by atoms with Gasteiger partial charge in [0.25, 0.3) is 11.8 Å². The van der Waals surface area contributed by atoms with Crippen molar-refractivity contribution in [2.45, 2.75) is 39.2 Å². The summed E-state index contributed by atoms with van der Waals surface area (Å²) in [6.07, 6.45) is 0. The highest BCUT2D eigenvalue weighted by atomic mass is 16.6. The van der Waals surface area contributed by atoms with Crippen molar-refractivity contribution < 1.29 is 14.4 Å². The fraction of sp³-hybridized carbons (Fsp3) is 0.467. The molecule has 0 spiro atoms. The molecule has 110 valence electrons. The van der Waals surface area contributed by atoms with Crippen LogP contribution < -0.4 is 10.8 Å². The van der Waals surface area contributed by atoms with Crippen LogP contribution in [0.3, 0.4) is 0 Å². The Hall–Kier alpha value is -1.88. The van der Waals surface area contributed by atoms with Crippen LogP contribution >= 0.6 is 0 Å². The maximum absolute atomic E-state index is 12.0. The largest absolute Gasteiger partial charge is 0.340 e. The highest BCUT2D eigenvalue weighted by Gasteiger charge is 2.17. The van der Waals surface area contributed by atoms with Crippen molar-refractivity contribution in [1.29, 1.82) is 0 Å². The minimum absolute atomic E-state index is 0.0423. The lowest BCUT2D eigenvalue weighted by Crippen LogP contribution is -2.44. The number of rotatable bonds is 4. The van der Waals surface area contributed by atoms with E-state index in [1.54, 1.807) is 19.1 Å². The molecule has 0 radical (unpaired) electrons. The zero-order valence-corrected chi connectivity index (χ0v) is 12.6. The highest BCUT2D eigenvalue weighted by Crippen LogP contribution is 2.22. The molecule has 5 nitrogen and oxygen atoms in total. The molecule has 0 fully saturated rings. The average molecular weight is 278 g/mol. The van der Waals surface area contributed by atoms with Crippen LogP contribution in [0.2, 0.25) is 0 Å². The Morgan fingerprint density at radius 2 is 1.70 bits per heavy atom. The first-order chi connectivity index (χ1) is 9.25. The number of carbonyl (C=O) groups is 2. The fourth-order valence-electron chi connectivity index (χ4n) is 1.66. The molecule has 0 saturated carbocycles. The number of hydrogen-bond acceptors (Lipinski definition) is 3. The minimum atomic E-state index is -0.662. The zero-order chi connectivity index (χ0) is 15.3. The molecule has 0 heterocycles. The van der Waals surface area contributed by atoms with E-state index in [1.807, 2.05) is 12.1 Å². The quantitative estimate of drug-likeness (QED) is 0.825. The SMILES string of the molecule is CONC(=O)C(C)NC(=O)c1ccc(C(C)(C)C)cc1. The Bertz CT molecular complexity index is 475. The average Bonchev–Trinajstić information content (AvgIpc) is 2.38. The van der Waals surface area contributed by atoms with Crippen LogP contribution in [0.15, 0.2) is 24.3 Å². The van der Waals surface area contributed by atoms with Crippen molar-refractivity contribution >= 4 is 11.8 Å². The van der Waals surface area contributed by atoms with Crippen molar-refractivity contribution in [1.82, 2.24) is 10.8 Å². The Balaban J connectivity index is 2.71. The van der Waals surface area contributed by atoms with Gasteiger partial charge in [-0.2, -0.15) is 0 Å². The van der Waals surface area contributed by atoms with Crippen molar-refractivity contribution in [2.75, 3.05) is 7.11 Å². The van der Waals surface area contributed by atoms with Crippen LogP contribution in [0, 0.1) is 0 Å². The molecule has 2 N–H and O–H groups in total. The van der Waals surface area contributed by atoms with Crippen LogP contribution in [0.25, 0.3) is 0 Å². The van der Waals surface area contributed by atoms with Crippen LogP contribution in [0.1, 0.15) is 43.6 Å². The molecule has 0 bridgehead atoms. The van der Waals surface area contributed by atoms with E-state index in [1.165, 1.54) is 7.11 Å². The summed E-state index contributed by atoms with van der Waals surface area (Å²) in [6, 6.07) is 6.71. The number of carbonyl (C=O) groups excluding carboxylic acids is 2. The van der Waals surface area contributed by atoms with E-state index >= 15 is 0 Å². The van der Waals surface area contributed by atoms with Gasteiger partial charge < -0.3 is 5.32 Å². The first-order valence-electron chi connectivity index (χ1n) is 6.50. The lowest BCUT2D eigenvalue weighted by molar-refractivity contribution is -0.132. The number of hydrogen-bond donors (Lipinski definition) is 2. The number of amides is 2. The monoisotopic (exact) mass is 278 g/mol. The van der Waals surface area contributed by atoms with Gasteiger partial charge in [0, 0.05) is 5.56 Å². The zero-order valence-electron chi connectivity index (χ0n) is 12.6. The molecular formula is C15H22N2O3. The second-order valence-corrected chi connectivity index (χ2v) is 5.69. The molecule has 5 heteroatoms. The fourth-order valence-corrected chi connectivity index (χ4v) is 1.66. The lowest BCUT2D eigenvalue weighted by Gasteiger charge is -2.19. The maximum Gasteiger partial charge on any atom is 0.265 e. The molecule has 20 heavy (non-hydrogen) atoms. The van der Waals surface area contributed by atoms with Gasteiger partial charge in [-0.15, -0.1) is 0 Å². The van der Waals surface area contributed by atoms with Crippen molar-refractivity contribution in [3.05, 3.63) is 35.4 Å². The van der Waals surface area contributed by atoms with Gasteiger partial charge in [0.05, 0.1) is 7.11 Å². The standard InChI is InChI=1S/C15H22N2O3/c1-10(13(18)17-20-5)16-14(19)11-6-8-12(9-7-11)15(2,3)4/h6-10H,1-5H3,(H,16,19)(H,17,18). The Labute approximate surface area is 119 Å². The van der Waals surface area contributed by atoms with E-state index in [0.717, 1.165) is 5.56 Å². The summed E-state index contributed by atoms with van der Waals surface area (Å²) in [5.41, 5.74) is 3.90. The van der Waals surface area contributed by atoms with Crippen LogP contribution in [0.4, 0.5) is 0 Å². The van der Waals surface area contributed by atoms with Crippen LogP contribution in [-0.4, -0.2) is 25.0 Å². The van der Waals surface area contributed by atoms with Gasteiger partial charge in [-0.05, 0) is 30.0 Å². The van der Waals surface area contributed by atoms with Gasteiger partial charge in [-0.3, -0.25) is 14.4 Å². The molecule has 1 atom stereocenters. The van der Waals surface area contributed by atoms with Gasteiger partial charge >= 0.3 is 0 Å². The van der Waals surface area contributed by atoms with Crippen molar-refractivity contribution in [3.63, 3.8) is 0 Å². The van der Waals surface area contributed by atoms with E-state index in [4.69, 9.17) is 0 Å². The summed E-state index contributed by atoms with van der Waals surface area (Å²) in [4.78, 5) is 28.0. The van der Waals surface area contributed by atoms with Crippen molar-refractivity contribution in [3.8, 4) is 0 Å². The number of nitrogens with one attached hydrogen (secondary N) is 2.